The van der Waals surface area contributed by atoms with Crippen molar-refractivity contribution in [3.63, 3.8) is 0 Å². The zero-order valence-electron chi connectivity index (χ0n) is 13.8. The molecule has 1 rings (SSSR count). The van der Waals surface area contributed by atoms with E-state index in [1.807, 2.05) is 0 Å². The molecule has 0 heterocycles. The molecule has 0 radical (unpaired) electrons. The second-order valence-electron chi connectivity index (χ2n) is 5.64. The van der Waals surface area contributed by atoms with E-state index in [1.54, 1.807) is 6.92 Å². The minimum absolute atomic E-state index is 0.0855. The summed E-state index contributed by atoms with van der Waals surface area (Å²) in [6.45, 7) is 1.54. The summed E-state index contributed by atoms with van der Waals surface area (Å²) in [7, 11) is -4.98. The van der Waals surface area contributed by atoms with E-state index in [9.17, 15) is 47.9 Å². The highest BCUT2D eigenvalue weighted by Crippen LogP contribution is 2.56. The Bertz CT molecular complexity index is 773. The molecular formula is C14H13F9O4S. The lowest BCUT2D eigenvalue weighted by Gasteiger charge is -2.33. The van der Waals surface area contributed by atoms with Gasteiger partial charge in [-0.05, 0) is 12.0 Å². The summed E-state index contributed by atoms with van der Waals surface area (Å²) in [6, 6.07) is 1.42. The lowest BCUT2D eigenvalue weighted by molar-refractivity contribution is -0.399. The fraction of sp³-hybridized carbons (Fsp3) is 0.571. The van der Waals surface area contributed by atoms with Crippen LogP contribution < -0.4 is 0 Å². The summed E-state index contributed by atoms with van der Waals surface area (Å²) >= 11 is 0. The molecule has 1 aromatic carbocycles. The van der Waals surface area contributed by atoms with Gasteiger partial charge in [0.1, 0.15) is 6.10 Å². The van der Waals surface area contributed by atoms with Gasteiger partial charge in [-0.15, -0.1) is 0 Å². The van der Waals surface area contributed by atoms with E-state index in [0.29, 0.717) is 12.1 Å². The highest BCUT2D eigenvalue weighted by Gasteiger charge is 2.81. The van der Waals surface area contributed by atoms with Crippen molar-refractivity contribution >= 4 is 10.4 Å². The van der Waals surface area contributed by atoms with Crippen LogP contribution >= 0.6 is 0 Å². The Morgan fingerprint density at radius 2 is 1.39 bits per heavy atom. The zero-order chi connectivity index (χ0) is 22.2. The molecule has 28 heavy (non-hydrogen) atoms. The average Bonchev–Trinajstić information content (AvgIpc) is 2.52. The smallest absolute Gasteiger partial charge is 0.264 e. The number of hydrogen-bond donors (Lipinski definition) is 1. The van der Waals surface area contributed by atoms with E-state index in [-0.39, 0.29) is 30.5 Å². The molecule has 162 valence electrons. The molecule has 1 atom stereocenters. The molecule has 0 amide bonds. The minimum Gasteiger partial charge on any atom is -0.264 e. The van der Waals surface area contributed by atoms with Crippen molar-refractivity contribution in [2.45, 2.75) is 49.8 Å². The number of alkyl halides is 9. The maximum absolute atomic E-state index is 13.8. The van der Waals surface area contributed by atoms with Gasteiger partial charge in [-0.2, -0.15) is 47.9 Å². The second kappa shape index (κ2) is 7.71. The number of rotatable bonds is 8. The molecule has 0 aliphatic heterocycles. The highest BCUT2D eigenvalue weighted by molar-refractivity contribution is 7.80. The predicted molar refractivity (Wildman–Crippen MR) is 76.6 cm³/mol. The molecule has 0 aliphatic carbocycles. The van der Waals surface area contributed by atoms with Gasteiger partial charge in [-0.25, -0.2) is 4.18 Å². The summed E-state index contributed by atoms with van der Waals surface area (Å²) in [5.41, 5.74) is -2.10. The van der Waals surface area contributed by atoms with E-state index in [0.717, 1.165) is 0 Å². The van der Waals surface area contributed by atoms with Gasteiger partial charge in [0.05, 0.1) is 0 Å². The number of halogens is 9. The van der Waals surface area contributed by atoms with Gasteiger partial charge in [0.2, 0.25) is 0 Å². The summed E-state index contributed by atoms with van der Waals surface area (Å²) < 4.78 is 151. The third kappa shape index (κ3) is 4.71. The average molecular weight is 448 g/mol. The van der Waals surface area contributed by atoms with E-state index < -0.39 is 46.0 Å². The lowest BCUT2D eigenvalue weighted by Crippen LogP contribution is -2.59. The summed E-state index contributed by atoms with van der Waals surface area (Å²) in [5.74, 6) is -19.8. The monoisotopic (exact) mass is 448 g/mol. The third-order valence-corrected chi connectivity index (χ3v) is 4.05. The van der Waals surface area contributed by atoms with Crippen LogP contribution in [0.3, 0.4) is 0 Å². The first-order chi connectivity index (χ1) is 12.4. The van der Waals surface area contributed by atoms with Gasteiger partial charge in [0.25, 0.3) is 0 Å². The van der Waals surface area contributed by atoms with E-state index in [4.69, 9.17) is 4.55 Å². The molecule has 0 fully saturated rings. The van der Waals surface area contributed by atoms with Crippen LogP contribution in [0.1, 0.15) is 37.0 Å². The van der Waals surface area contributed by atoms with Crippen LogP contribution in [-0.4, -0.2) is 31.0 Å². The van der Waals surface area contributed by atoms with Crippen molar-refractivity contribution in [2.75, 3.05) is 0 Å². The van der Waals surface area contributed by atoms with Crippen LogP contribution in [0.4, 0.5) is 39.5 Å². The third-order valence-electron chi connectivity index (χ3n) is 3.58. The zero-order valence-corrected chi connectivity index (χ0v) is 14.6. The summed E-state index contributed by atoms with van der Waals surface area (Å²) in [4.78, 5) is 0. The molecule has 1 aromatic rings. The van der Waals surface area contributed by atoms with Gasteiger partial charge in [0, 0.05) is 5.56 Å². The van der Waals surface area contributed by atoms with Crippen molar-refractivity contribution in [3.05, 3.63) is 35.4 Å². The molecular weight excluding hydrogens is 435 g/mol. The minimum atomic E-state index is -7.03. The Hall–Kier alpha value is -1.54. The predicted octanol–water partition coefficient (Wildman–Crippen LogP) is 5.27. The van der Waals surface area contributed by atoms with E-state index in [2.05, 4.69) is 4.18 Å². The van der Waals surface area contributed by atoms with Crippen LogP contribution in [0.5, 0.6) is 0 Å². The first-order valence-electron chi connectivity index (χ1n) is 7.34. The first-order valence-corrected chi connectivity index (χ1v) is 8.71. The topological polar surface area (TPSA) is 63.6 Å². The molecule has 0 aromatic heterocycles. The van der Waals surface area contributed by atoms with Crippen molar-refractivity contribution in [1.29, 1.82) is 0 Å². The van der Waals surface area contributed by atoms with E-state index in [1.165, 1.54) is 0 Å². The van der Waals surface area contributed by atoms with Gasteiger partial charge in [-0.3, -0.25) is 4.55 Å². The molecule has 4 nitrogen and oxygen atoms in total. The fourth-order valence-corrected chi connectivity index (χ4v) is 2.64. The largest absolute Gasteiger partial charge is 0.460 e. The molecule has 14 heteroatoms. The Labute approximate surface area is 153 Å². The Balaban J connectivity index is 3.31. The number of hydrogen-bond acceptors (Lipinski definition) is 3. The molecule has 0 saturated carbocycles. The summed E-state index contributed by atoms with van der Waals surface area (Å²) in [6.07, 6.45) is -8.19. The van der Waals surface area contributed by atoms with Crippen LogP contribution in [0, 0.1) is 0 Å². The van der Waals surface area contributed by atoms with Gasteiger partial charge in [0.15, 0.2) is 0 Å². The Kier molecular flexibility index (Phi) is 6.74. The van der Waals surface area contributed by atoms with Gasteiger partial charge in [-0.1, -0.05) is 37.6 Å². The van der Waals surface area contributed by atoms with Crippen LogP contribution in [0.15, 0.2) is 24.3 Å². The SMILES string of the molecule is CCCC(OS(=O)(=O)O)c1ccc(C(F)(F)C(F)(F)C(F)(F)C(F)(F)F)cc1. The molecule has 0 aliphatic rings. The normalized spacial score (nSPS) is 15.5. The standard InChI is InChI=1S/C14H13F9O4S/c1-2-3-10(27-28(24,25)26)8-4-6-9(7-5-8)11(15,16)12(17,18)13(19,20)14(21,22)23/h4-7,10H,2-3H2,1H3,(H,24,25,26). The van der Waals surface area contributed by atoms with E-state index >= 15 is 0 Å². The van der Waals surface area contributed by atoms with Crippen molar-refractivity contribution in [3.8, 4) is 0 Å². The molecule has 1 N–H and O–H groups in total. The molecule has 0 bridgehead atoms. The Morgan fingerprint density at radius 1 is 0.929 bits per heavy atom. The molecule has 0 spiro atoms. The highest BCUT2D eigenvalue weighted by atomic mass is 32.3. The fourth-order valence-electron chi connectivity index (χ4n) is 2.14. The van der Waals surface area contributed by atoms with Gasteiger partial charge >= 0.3 is 34.3 Å². The summed E-state index contributed by atoms with van der Waals surface area (Å²) in [5, 5.41) is 0. The second-order valence-corrected chi connectivity index (χ2v) is 6.69. The lowest BCUT2D eigenvalue weighted by atomic mass is 9.95. The maximum atomic E-state index is 13.8. The van der Waals surface area contributed by atoms with Crippen LogP contribution in [-0.2, 0) is 20.5 Å². The van der Waals surface area contributed by atoms with Crippen LogP contribution in [0.2, 0.25) is 0 Å². The van der Waals surface area contributed by atoms with Crippen molar-refractivity contribution in [1.82, 2.24) is 0 Å². The first kappa shape index (κ1) is 24.5. The van der Waals surface area contributed by atoms with Crippen molar-refractivity contribution < 1.29 is 56.7 Å². The molecule has 1 unspecified atom stereocenters. The quantitative estimate of drug-likeness (QED) is 0.435. The Morgan fingerprint density at radius 3 is 1.75 bits per heavy atom. The molecule has 0 saturated heterocycles. The number of benzene rings is 1. The van der Waals surface area contributed by atoms with Crippen LogP contribution in [0.25, 0.3) is 0 Å². The maximum Gasteiger partial charge on any atom is 0.460 e. The van der Waals surface area contributed by atoms with Crippen molar-refractivity contribution in [2.24, 2.45) is 0 Å². The van der Waals surface area contributed by atoms with Gasteiger partial charge < -0.3 is 0 Å².